The number of hydrazone groups is 1. The molecule has 0 bridgehead atoms. The van der Waals surface area contributed by atoms with Crippen LogP contribution < -0.4 is 15.1 Å². The second kappa shape index (κ2) is 8.64. The van der Waals surface area contributed by atoms with Crippen LogP contribution in [0.15, 0.2) is 41.6 Å². The lowest BCUT2D eigenvalue weighted by molar-refractivity contribution is -0.921. The van der Waals surface area contributed by atoms with Crippen molar-refractivity contribution in [2.24, 2.45) is 5.10 Å². The minimum Gasteiger partial charge on any atom is -0.496 e. The number of nitrogens with zero attached hydrogens (tertiary/aromatic N) is 1. The number of amides is 1. The Morgan fingerprint density at radius 3 is 2.85 bits per heavy atom. The van der Waals surface area contributed by atoms with Crippen molar-refractivity contribution in [3.05, 3.63) is 53.3 Å². The van der Waals surface area contributed by atoms with Crippen molar-refractivity contribution in [3.8, 4) is 5.75 Å². The van der Waals surface area contributed by atoms with Crippen molar-refractivity contribution in [1.82, 2.24) is 10.4 Å². The highest BCUT2D eigenvalue weighted by Crippen LogP contribution is 2.19. The first kappa shape index (κ1) is 18.2. The van der Waals surface area contributed by atoms with E-state index in [1.165, 1.54) is 4.90 Å². The first-order chi connectivity index (χ1) is 12.7. The summed E-state index contributed by atoms with van der Waals surface area (Å²) in [6.45, 7) is 6.33. The van der Waals surface area contributed by atoms with Gasteiger partial charge in [0.15, 0.2) is 0 Å². The molecule has 1 saturated heterocycles. The molecule has 138 valence electrons. The molecule has 7 nitrogen and oxygen atoms in total. The molecule has 1 amide bonds. The van der Waals surface area contributed by atoms with Crippen LogP contribution in [0, 0.1) is 0 Å². The first-order valence-corrected chi connectivity index (χ1v) is 8.74. The number of benzene rings is 1. The molecule has 0 aliphatic carbocycles. The highest BCUT2D eigenvalue weighted by atomic mass is 16.5. The lowest BCUT2D eigenvalue weighted by atomic mass is 10.1. The SMILES string of the molecule is COc1ccc(/C(C)=N\NC(=O)c2ccc[nH]2)cc1C[NH+]1CCOCC1. The Morgan fingerprint density at radius 1 is 1.35 bits per heavy atom. The van der Waals surface area contributed by atoms with Gasteiger partial charge in [0, 0.05) is 11.8 Å². The van der Waals surface area contributed by atoms with Gasteiger partial charge in [0.05, 0.1) is 26.0 Å². The molecular weight excluding hydrogens is 332 g/mol. The van der Waals surface area contributed by atoms with E-state index >= 15 is 0 Å². The molecule has 2 aromatic rings. The molecule has 3 N–H and O–H groups in total. The Hall–Kier alpha value is -2.64. The smallest absolute Gasteiger partial charge is 0.287 e. The van der Waals surface area contributed by atoms with Crippen LogP contribution in [-0.4, -0.2) is 50.0 Å². The van der Waals surface area contributed by atoms with Crippen molar-refractivity contribution >= 4 is 11.6 Å². The van der Waals surface area contributed by atoms with Crippen molar-refractivity contribution in [2.45, 2.75) is 13.5 Å². The zero-order valence-electron chi connectivity index (χ0n) is 15.2. The van der Waals surface area contributed by atoms with E-state index < -0.39 is 0 Å². The fourth-order valence-corrected chi connectivity index (χ4v) is 2.98. The number of H-pyrrole nitrogens is 1. The summed E-state index contributed by atoms with van der Waals surface area (Å²) in [6, 6.07) is 9.47. The highest BCUT2D eigenvalue weighted by molar-refractivity contribution is 6.00. The van der Waals surface area contributed by atoms with E-state index in [0.717, 1.165) is 55.4 Å². The number of hydrogen-bond donors (Lipinski definition) is 3. The molecule has 0 unspecified atom stereocenters. The number of methoxy groups -OCH3 is 1. The number of morpholine rings is 1. The highest BCUT2D eigenvalue weighted by Gasteiger charge is 2.17. The molecule has 1 aliphatic heterocycles. The summed E-state index contributed by atoms with van der Waals surface area (Å²) in [5.74, 6) is 0.608. The van der Waals surface area contributed by atoms with Crippen LogP contribution in [0.1, 0.15) is 28.5 Å². The number of aromatic nitrogens is 1. The number of carbonyl (C=O) groups excluding carboxylic acids is 1. The second-order valence-electron chi connectivity index (χ2n) is 6.29. The van der Waals surface area contributed by atoms with E-state index in [1.807, 2.05) is 19.1 Å². The first-order valence-electron chi connectivity index (χ1n) is 8.74. The van der Waals surface area contributed by atoms with Crippen LogP contribution in [0.25, 0.3) is 0 Å². The average molecular weight is 357 g/mol. The summed E-state index contributed by atoms with van der Waals surface area (Å²) < 4.78 is 10.9. The molecule has 1 fully saturated rings. The van der Waals surface area contributed by atoms with Gasteiger partial charge in [0.2, 0.25) is 0 Å². The van der Waals surface area contributed by atoms with Crippen LogP contribution in [0.3, 0.4) is 0 Å². The maximum absolute atomic E-state index is 12.0. The number of hydrogen-bond acceptors (Lipinski definition) is 4. The predicted octanol–water partition coefficient (Wildman–Crippen LogP) is 0.592. The lowest BCUT2D eigenvalue weighted by Gasteiger charge is -2.24. The normalized spacial score (nSPS) is 15.7. The zero-order valence-corrected chi connectivity index (χ0v) is 15.2. The molecule has 0 radical (unpaired) electrons. The molecule has 0 atom stereocenters. The van der Waals surface area contributed by atoms with Crippen molar-refractivity contribution in [2.75, 3.05) is 33.4 Å². The second-order valence-corrected chi connectivity index (χ2v) is 6.29. The largest absolute Gasteiger partial charge is 0.496 e. The van der Waals surface area contributed by atoms with Crippen LogP contribution >= 0.6 is 0 Å². The minimum atomic E-state index is -0.263. The lowest BCUT2D eigenvalue weighted by Crippen LogP contribution is -3.12. The third-order valence-electron chi connectivity index (χ3n) is 4.51. The molecule has 0 spiro atoms. The van der Waals surface area contributed by atoms with Gasteiger partial charge >= 0.3 is 0 Å². The van der Waals surface area contributed by atoms with Gasteiger partial charge in [-0.1, -0.05) is 0 Å². The van der Waals surface area contributed by atoms with Gasteiger partial charge < -0.3 is 19.4 Å². The van der Waals surface area contributed by atoms with E-state index in [-0.39, 0.29) is 5.91 Å². The van der Waals surface area contributed by atoms with Gasteiger partial charge in [-0.15, -0.1) is 0 Å². The molecule has 1 aromatic heterocycles. The van der Waals surface area contributed by atoms with E-state index in [9.17, 15) is 4.79 Å². The Bertz CT molecular complexity index is 765. The third-order valence-corrected chi connectivity index (χ3v) is 4.51. The molecule has 26 heavy (non-hydrogen) atoms. The molecule has 7 heteroatoms. The number of rotatable bonds is 6. The summed E-state index contributed by atoms with van der Waals surface area (Å²) in [6.07, 6.45) is 1.70. The molecule has 1 aliphatic rings. The summed E-state index contributed by atoms with van der Waals surface area (Å²) in [5, 5.41) is 4.22. The van der Waals surface area contributed by atoms with Gasteiger partial charge in [-0.3, -0.25) is 4.79 Å². The van der Waals surface area contributed by atoms with Gasteiger partial charge in [0.25, 0.3) is 5.91 Å². The molecule has 3 rings (SSSR count). The molecule has 1 aromatic carbocycles. The zero-order chi connectivity index (χ0) is 18.4. The Kier molecular flexibility index (Phi) is 6.04. The Morgan fingerprint density at radius 2 is 2.15 bits per heavy atom. The number of carbonyl (C=O) groups is 1. The van der Waals surface area contributed by atoms with Crippen LogP contribution in [0.4, 0.5) is 0 Å². The van der Waals surface area contributed by atoms with Crippen molar-refractivity contribution in [3.63, 3.8) is 0 Å². The third kappa shape index (κ3) is 4.50. The topological polar surface area (TPSA) is 80.1 Å². The quantitative estimate of drug-likeness (QED) is 0.523. The van der Waals surface area contributed by atoms with E-state index in [1.54, 1.807) is 25.4 Å². The summed E-state index contributed by atoms with van der Waals surface area (Å²) in [5.41, 5.74) is 5.89. The molecule has 0 saturated carbocycles. The summed E-state index contributed by atoms with van der Waals surface area (Å²) in [4.78, 5) is 16.3. The number of ether oxygens (including phenoxy) is 2. The number of aromatic amines is 1. The predicted molar refractivity (Wildman–Crippen MR) is 98.7 cm³/mol. The Labute approximate surface area is 153 Å². The molecular formula is C19H25N4O3+. The molecule has 2 heterocycles. The maximum Gasteiger partial charge on any atom is 0.287 e. The summed E-state index contributed by atoms with van der Waals surface area (Å²) in [7, 11) is 1.69. The van der Waals surface area contributed by atoms with Gasteiger partial charge in [0.1, 0.15) is 31.1 Å². The van der Waals surface area contributed by atoms with Crippen LogP contribution in [0.5, 0.6) is 5.75 Å². The monoisotopic (exact) mass is 357 g/mol. The van der Waals surface area contributed by atoms with E-state index in [2.05, 4.69) is 21.6 Å². The van der Waals surface area contributed by atoms with Gasteiger partial charge in [-0.25, -0.2) is 5.43 Å². The minimum absolute atomic E-state index is 0.263. The maximum atomic E-state index is 12.0. The van der Waals surface area contributed by atoms with Crippen molar-refractivity contribution in [1.29, 1.82) is 0 Å². The fourth-order valence-electron chi connectivity index (χ4n) is 2.98. The standard InChI is InChI=1S/C19H24N4O3/c1-14(21-22-19(24)17-4-3-7-20-17)15-5-6-18(25-2)16(12-15)13-23-8-10-26-11-9-23/h3-7,12,20H,8-11,13H2,1-2H3,(H,22,24)/p+1/b21-14-. The number of quaternary nitrogens is 1. The van der Waals surface area contributed by atoms with Crippen molar-refractivity contribution < 1.29 is 19.2 Å². The van der Waals surface area contributed by atoms with E-state index in [0.29, 0.717) is 5.69 Å². The van der Waals surface area contributed by atoms with Gasteiger partial charge in [-0.05, 0) is 42.8 Å². The van der Waals surface area contributed by atoms with Crippen LogP contribution in [0.2, 0.25) is 0 Å². The Balaban J connectivity index is 1.73. The summed E-state index contributed by atoms with van der Waals surface area (Å²) >= 11 is 0. The van der Waals surface area contributed by atoms with Crippen LogP contribution in [-0.2, 0) is 11.3 Å². The fraction of sp³-hybridized carbons (Fsp3) is 0.368. The van der Waals surface area contributed by atoms with Gasteiger partial charge in [-0.2, -0.15) is 5.10 Å². The number of nitrogens with one attached hydrogen (secondary N) is 3. The van der Waals surface area contributed by atoms with E-state index in [4.69, 9.17) is 9.47 Å². The average Bonchev–Trinajstić information content (AvgIpc) is 3.21.